The first-order valence-electron chi connectivity index (χ1n) is 7.31. The van der Waals surface area contributed by atoms with Crippen LogP contribution in [0.4, 0.5) is 0 Å². The first-order valence-corrected chi connectivity index (χ1v) is 8.08. The minimum Gasteiger partial charge on any atom is -0.310 e. The molecule has 0 radical (unpaired) electrons. The van der Waals surface area contributed by atoms with Gasteiger partial charge in [0, 0.05) is 18.4 Å². The highest BCUT2D eigenvalue weighted by atomic mass is 32.1. The molecule has 0 fully saturated rings. The lowest BCUT2D eigenvalue weighted by molar-refractivity contribution is 0.527. The summed E-state index contributed by atoms with van der Waals surface area (Å²) in [7, 11) is 0. The van der Waals surface area contributed by atoms with Gasteiger partial charge in [-0.25, -0.2) is 4.98 Å². The number of nitrogens with zero attached hydrogens (tertiary/aromatic N) is 2. The second-order valence-corrected chi connectivity index (χ2v) is 6.16. The molecule has 0 aliphatic heterocycles. The fraction of sp³-hybridized carbons (Fsp3) is 0.500. The third-order valence-electron chi connectivity index (χ3n) is 3.22. The zero-order valence-electron chi connectivity index (χ0n) is 12.5. The summed E-state index contributed by atoms with van der Waals surface area (Å²) in [6.07, 6.45) is 2.05. The summed E-state index contributed by atoms with van der Waals surface area (Å²) in [6.45, 7) is 7.48. The molecule has 4 heteroatoms. The molecule has 1 N–H and O–H groups in total. The monoisotopic (exact) mass is 289 g/mol. The van der Waals surface area contributed by atoms with Crippen LogP contribution in [0.1, 0.15) is 55.5 Å². The van der Waals surface area contributed by atoms with Crippen LogP contribution in [0.3, 0.4) is 0 Å². The summed E-state index contributed by atoms with van der Waals surface area (Å²) in [5, 5.41) is 4.73. The number of nitrogens with one attached hydrogen (secondary N) is 1. The molecule has 0 amide bonds. The number of hydrogen-bond donors (Lipinski definition) is 1. The van der Waals surface area contributed by atoms with E-state index in [9.17, 15) is 0 Å². The van der Waals surface area contributed by atoms with Crippen molar-refractivity contribution >= 4 is 11.5 Å². The third-order valence-corrected chi connectivity index (χ3v) is 3.97. The van der Waals surface area contributed by atoms with Gasteiger partial charge in [0.25, 0.3) is 0 Å². The van der Waals surface area contributed by atoms with Crippen molar-refractivity contribution in [2.45, 2.75) is 45.6 Å². The van der Waals surface area contributed by atoms with Gasteiger partial charge >= 0.3 is 0 Å². The van der Waals surface area contributed by atoms with Crippen LogP contribution in [0.15, 0.2) is 30.3 Å². The number of benzene rings is 1. The first-order chi connectivity index (χ1) is 9.70. The van der Waals surface area contributed by atoms with Gasteiger partial charge in [0.15, 0.2) is 0 Å². The Balaban J connectivity index is 2.10. The van der Waals surface area contributed by atoms with Crippen LogP contribution < -0.4 is 5.32 Å². The van der Waals surface area contributed by atoms with Crippen LogP contribution in [0.25, 0.3) is 0 Å². The van der Waals surface area contributed by atoms with E-state index in [0.29, 0.717) is 12.0 Å². The highest BCUT2D eigenvalue weighted by Gasteiger charge is 2.15. The van der Waals surface area contributed by atoms with Crippen molar-refractivity contribution in [3.8, 4) is 0 Å². The molecule has 0 bridgehead atoms. The van der Waals surface area contributed by atoms with Crippen molar-refractivity contribution < 1.29 is 0 Å². The SMILES string of the molecule is CCCNC(Cc1nc(C(C)C)ns1)c1ccccc1. The molecule has 0 saturated carbocycles. The molecular formula is C16H23N3S. The molecular weight excluding hydrogens is 266 g/mol. The molecule has 1 unspecified atom stereocenters. The van der Waals surface area contributed by atoms with Crippen molar-refractivity contribution in [2.75, 3.05) is 6.54 Å². The standard InChI is InChI=1S/C16H23N3S/c1-4-10-17-14(13-8-6-5-7-9-13)11-15-18-16(12(2)3)19-20-15/h5-9,12,14,17H,4,10-11H2,1-3H3. The van der Waals surface area contributed by atoms with Gasteiger partial charge in [0.2, 0.25) is 0 Å². The molecule has 2 rings (SSSR count). The highest BCUT2D eigenvalue weighted by molar-refractivity contribution is 7.05. The lowest BCUT2D eigenvalue weighted by atomic mass is 10.0. The second kappa shape index (κ2) is 7.50. The topological polar surface area (TPSA) is 37.8 Å². The zero-order chi connectivity index (χ0) is 14.4. The maximum Gasteiger partial charge on any atom is 0.145 e. The maximum absolute atomic E-state index is 4.65. The summed E-state index contributed by atoms with van der Waals surface area (Å²) < 4.78 is 4.45. The van der Waals surface area contributed by atoms with Gasteiger partial charge in [-0.2, -0.15) is 4.37 Å². The van der Waals surface area contributed by atoms with Gasteiger partial charge in [-0.15, -0.1) is 0 Å². The van der Waals surface area contributed by atoms with E-state index in [-0.39, 0.29) is 0 Å². The Morgan fingerprint density at radius 1 is 1.20 bits per heavy atom. The van der Waals surface area contributed by atoms with Crippen LogP contribution in [0.5, 0.6) is 0 Å². The van der Waals surface area contributed by atoms with E-state index in [1.165, 1.54) is 17.1 Å². The van der Waals surface area contributed by atoms with E-state index >= 15 is 0 Å². The van der Waals surface area contributed by atoms with E-state index in [4.69, 9.17) is 0 Å². The Labute approximate surface area is 125 Å². The molecule has 1 heterocycles. The minimum atomic E-state index is 0.323. The highest BCUT2D eigenvalue weighted by Crippen LogP contribution is 2.21. The molecule has 3 nitrogen and oxygen atoms in total. The van der Waals surface area contributed by atoms with E-state index in [2.05, 4.69) is 65.8 Å². The number of hydrogen-bond acceptors (Lipinski definition) is 4. The van der Waals surface area contributed by atoms with E-state index in [0.717, 1.165) is 30.2 Å². The quantitative estimate of drug-likeness (QED) is 0.839. The molecule has 1 aromatic heterocycles. The normalized spacial score (nSPS) is 12.8. The molecule has 0 aliphatic carbocycles. The Kier molecular flexibility index (Phi) is 5.68. The molecule has 1 atom stereocenters. The molecule has 0 spiro atoms. The van der Waals surface area contributed by atoms with E-state index in [1.807, 2.05) is 0 Å². The van der Waals surface area contributed by atoms with Crippen LogP contribution in [0.2, 0.25) is 0 Å². The van der Waals surface area contributed by atoms with Gasteiger partial charge in [-0.1, -0.05) is 51.1 Å². The smallest absolute Gasteiger partial charge is 0.145 e. The Morgan fingerprint density at radius 2 is 1.95 bits per heavy atom. The van der Waals surface area contributed by atoms with E-state index in [1.54, 1.807) is 0 Å². The summed E-state index contributed by atoms with van der Waals surface area (Å²) in [5.74, 6) is 1.37. The largest absolute Gasteiger partial charge is 0.310 e. The Morgan fingerprint density at radius 3 is 2.55 bits per heavy atom. The summed E-state index contributed by atoms with van der Waals surface area (Å²) in [5.41, 5.74) is 1.32. The number of aromatic nitrogens is 2. The third kappa shape index (κ3) is 4.12. The predicted octanol–water partition coefficient (Wildman–Crippen LogP) is 3.94. The zero-order valence-corrected chi connectivity index (χ0v) is 13.3. The van der Waals surface area contributed by atoms with Gasteiger partial charge in [0.05, 0.1) is 0 Å². The summed E-state index contributed by atoms with van der Waals surface area (Å²) >= 11 is 1.53. The van der Waals surface area contributed by atoms with Crippen molar-refractivity contribution in [1.29, 1.82) is 0 Å². The van der Waals surface area contributed by atoms with Gasteiger partial charge < -0.3 is 5.32 Å². The summed E-state index contributed by atoms with van der Waals surface area (Å²) in [4.78, 5) is 4.65. The van der Waals surface area contributed by atoms with Crippen LogP contribution in [-0.2, 0) is 6.42 Å². The van der Waals surface area contributed by atoms with Crippen molar-refractivity contribution in [1.82, 2.24) is 14.7 Å². The minimum absolute atomic E-state index is 0.323. The number of rotatable bonds is 7. The Bertz CT molecular complexity index is 507. The molecule has 1 aromatic carbocycles. The van der Waals surface area contributed by atoms with E-state index < -0.39 is 0 Å². The van der Waals surface area contributed by atoms with Gasteiger partial charge in [-0.3, -0.25) is 0 Å². The van der Waals surface area contributed by atoms with Crippen molar-refractivity contribution in [2.24, 2.45) is 0 Å². The fourth-order valence-corrected chi connectivity index (χ4v) is 2.90. The molecule has 0 aliphatic rings. The van der Waals surface area contributed by atoms with Crippen molar-refractivity contribution in [3.05, 3.63) is 46.7 Å². The first kappa shape index (κ1) is 15.1. The molecule has 2 aromatic rings. The Hall–Kier alpha value is -1.26. The van der Waals surface area contributed by atoms with Gasteiger partial charge in [0.1, 0.15) is 10.8 Å². The average Bonchev–Trinajstić information content (AvgIpc) is 2.93. The lowest BCUT2D eigenvalue weighted by Crippen LogP contribution is -2.24. The van der Waals surface area contributed by atoms with Crippen LogP contribution in [-0.4, -0.2) is 15.9 Å². The summed E-state index contributed by atoms with van der Waals surface area (Å²) in [6, 6.07) is 10.9. The van der Waals surface area contributed by atoms with Gasteiger partial charge in [-0.05, 0) is 30.1 Å². The predicted molar refractivity (Wildman–Crippen MR) is 85.2 cm³/mol. The second-order valence-electron chi connectivity index (χ2n) is 5.32. The maximum atomic E-state index is 4.65. The van der Waals surface area contributed by atoms with Crippen molar-refractivity contribution in [3.63, 3.8) is 0 Å². The fourth-order valence-electron chi connectivity index (χ4n) is 2.07. The average molecular weight is 289 g/mol. The molecule has 20 heavy (non-hydrogen) atoms. The molecule has 0 saturated heterocycles. The van der Waals surface area contributed by atoms with Crippen LogP contribution >= 0.6 is 11.5 Å². The molecule has 108 valence electrons. The van der Waals surface area contributed by atoms with Crippen LogP contribution in [0, 0.1) is 0 Å². The lowest BCUT2D eigenvalue weighted by Gasteiger charge is -2.17.